The fourth-order valence-corrected chi connectivity index (χ4v) is 2.61. The van der Waals surface area contributed by atoms with Gasteiger partial charge in [0.2, 0.25) is 5.91 Å². The molecule has 0 spiro atoms. The summed E-state index contributed by atoms with van der Waals surface area (Å²) in [6, 6.07) is 7.00. The van der Waals surface area contributed by atoms with Crippen LogP contribution in [0.5, 0.6) is 0 Å². The fourth-order valence-electron chi connectivity index (χ4n) is 2.61. The first kappa shape index (κ1) is 16.5. The molecule has 1 N–H and O–H groups in total. The average molecular weight is 306 g/mol. The van der Waals surface area contributed by atoms with Crippen molar-refractivity contribution < 1.29 is 19.1 Å². The van der Waals surface area contributed by atoms with Gasteiger partial charge < -0.3 is 19.7 Å². The Labute approximate surface area is 130 Å². The maximum atomic E-state index is 12.7. The van der Waals surface area contributed by atoms with Gasteiger partial charge in [0.1, 0.15) is 6.61 Å². The van der Waals surface area contributed by atoms with Crippen LogP contribution in [0.1, 0.15) is 24.2 Å². The summed E-state index contributed by atoms with van der Waals surface area (Å²) in [6.45, 7) is 4.94. The standard InChI is InChI=1S/C16H22N2O4/c1-11-8-18(9-12(2)22-11)16(20)13-6-4-5-7-14(13)17-15(19)10-21-3/h4-7,11-12H,8-10H2,1-3H3,(H,17,19)/t11-,12-/m1/s1. The lowest BCUT2D eigenvalue weighted by molar-refractivity contribution is -0.119. The summed E-state index contributed by atoms with van der Waals surface area (Å²) in [6.07, 6.45) is 0.00545. The molecule has 6 heteroatoms. The number of benzene rings is 1. The summed E-state index contributed by atoms with van der Waals surface area (Å²) in [5, 5.41) is 2.71. The molecule has 1 aromatic rings. The van der Waals surface area contributed by atoms with Crippen LogP contribution in [-0.2, 0) is 14.3 Å². The first-order valence-electron chi connectivity index (χ1n) is 7.33. The van der Waals surface area contributed by atoms with Gasteiger partial charge in [0.15, 0.2) is 0 Å². The average Bonchev–Trinajstić information content (AvgIpc) is 2.46. The van der Waals surface area contributed by atoms with Gasteiger partial charge in [-0.3, -0.25) is 9.59 Å². The molecule has 1 heterocycles. The molecule has 6 nitrogen and oxygen atoms in total. The molecule has 0 radical (unpaired) electrons. The molecule has 0 saturated carbocycles. The minimum atomic E-state index is -0.286. The van der Waals surface area contributed by atoms with Crippen LogP contribution in [0.4, 0.5) is 5.69 Å². The van der Waals surface area contributed by atoms with Gasteiger partial charge in [-0.1, -0.05) is 12.1 Å². The van der Waals surface area contributed by atoms with E-state index in [1.807, 2.05) is 13.8 Å². The maximum Gasteiger partial charge on any atom is 0.256 e. The molecule has 1 aliphatic rings. The molecular formula is C16H22N2O4. The van der Waals surface area contributed by atoms with Crippen molar-refractivity contribution in [3.8, 4) is 0 Å². The summed E-state index contributed by atoms with van der Waals surface area (Å²) >= 11 is 0. The molecule has 22 heavy (non-hydrogen) atoms. The van der Waals surface area contributed by atoms with Crippen LogP contribution < -0.4 is 5.32 Å². The van der Waals surface area contributed by atoms with Gasteiger partial charge in [0.25, 0.3) is 5.91 Å². The van der Waals surface area contributed by atoms with E-state index >= 15 is 0 Å². The van der Waals surface area contributed by atoms with Crippen LogP contribution in [0.3, 0.4) is 0 Å². The van der Waals surface area contributed by atoms with E-state index in [1.165, 1.54) is 7.11 Å². The lowest BCUT2D eigenvalue weighted by atomic mass is 10.1. The van der Waals surface area contributed by atoms with Crippen molar-refractivity contribution in [3.05, 3.63) is 29.8 Å². The van der Waals surface area contributed by atoms with Crippen LogP contribution in [0.2, 0.25) is 0 Å². The summed E-state index contributed by atoms with van der Waals surface area (Å²) in [7, 11) is 1.45. The molecule has 0 bridgehead atoms. The summed E-state index contributed by atoms with van der Waals surface area (Å²) in [4.78, 5) is 26.2. The highest BCUT2D eigenvalue weighted by atomic mass is 16.5. The number of nitrogens with zero attached hydrogens (tertiary/aromatic N) is 1. The van der Waals surface area contributed by atoms with Crippen molar-refractivity contribution in [3.63, 3.8) is 0 Å². The van der Waals surface area contributed by atoms with Crippen molar-refractivity contribution in [1.29, 1.82) is 0 Å². The predicted octanol–water partition coefficient (Wildman–Crippen LogP) is 1.52. The number of hydrogen-bond donors (Lipinski definition) is 1. The maximum absolute atomic E-state index is 12.7. The van der Waals surface area contributed by atoms with Crippen molar-refractivity contribution in [1.82, 2.24) is 4.90 Å². The second kappa shape index (κ2) is 7.38. The smallest absolute Gasteiger partial charge is 0.256 e. The van der Waals surface area contributed by atoms with Gasteiger partial charge in [-0.15, -0.1) is 0 Å². The number of anilines is 1. The summed E-state index contributed by atoms with van der Waals surface area (Å²) < 4.78 is 10.4. The third-order valence-corrected chi connectivity index (χ3v) is 3.41. The van der Waals surface area contributed by atoms with Crippen LogP contribution in [0, 0.1) is 0 Å². The van der Waals surface area contributed by atoms with Gasteiger partial charge >= 0.3 is 0 Å². The lowest BCUT2D eigenvalue weighted by Gasteiger charge is -2.35. The summed E-state index contributed by atoms with van der Waals surface area (Å²) in [5.41, 5.74) is 0.981. The van der Waals surface area contributed by atoms with Crippen molar-refractivity contribution >= 4 is 17.5 Å². The number of rotatable bonds is 4. The third-order valence-electron chi connectivity index (χ3n) is 3.41. The van der Waals surface area contributed by atoms with Crippen LogP contribution in [-0.4, -0.2) is 55.7 Å². The van der Waals surface area contributed by atoms with E-state index in [0.29, 0.717) is 24.3 Å². The van der Waals surface area contributed by atoms with E-state index in [2.05, 4.69) is 5.32 Å². The van der Waals surface area contributed by atoms with E-state index in [4.69, 9.17) is 9.47 Å². The minimum absolute atomic E-state index is 0.00273. The number of nitrogens with one attached hydrogen (secondary N) is 1. The first-order valence-corrected chi connectivity index (χ1v) is 7.33. The van der Waals surface area contributed by atoms with Gasteiger partial charge in [0, 0.05) is 20.2 Å². The highest BCUT2D eigenvalue weighted by Gasteiger charge is 2.27. The fraction of sp³-hybridized carbons (Fsp3) is 0.500. The molecule has 0 aromatic heterocycles. The van der Waals surface area contributed by atoms with E-state index in [9.17, 15) is 9.59 Å². The van der Waals surface area contributed by atoms with Gasteiger partial charge in [-0.25, -0.2) is 0 Å². The van der Waals surface area contributed by atoms with Crippen LogP contribution in [0.25, 0.3) is 0 Å². The largest absolute Gasteiger partial charge is 0.375 e. The highest BCUT2D eigenvalue weighted by molar-refractivity contribution is 6.04. The van der Waals surface area contributed by atoms with Crippen molar-refractivity contribution in [2.75, 3.05) is 32.1 Å². The Kier molecular flexibility index (Phi) is 5.51. The quantitative estimate of drug-likeness (QED) is 0.916. The Bertz CT molecular complexity index is 537. The molecule has 2 rings (SSSR count). The van der Waals surface area contributed by atoms with Crippen LogP contribution >= 0.6 is 0 Å². The van der Waals surface area contributed by atoms with E-state index < -0.39 is 0 Å². The molecule has 2 atom stereocenters. The third kappa shape index (κ3) is 4.05. The molecular weight excluding hydrogens is 284 g/mol. The zero-order valence-corrected chi connectivity index (χ0v) is 13.2. The first-order chi connectivity index (χ1) is 10.5. The Hall–Kier alpha value is -1.92. The van der Waals surface area contributed by atoms with E-state index in [0.717, 1.165) is 0 Å². The molecule has 120 valence electrons. The molecule has 1 fully saturated rings. The van der Waals surface area contributed by atoms with Crippen LogP contribution in [0.15, 0.2) is 24.3 Å². The second-order valence-corrected chi connectivity index (χ2v) is 5.49. The Morgan fingerprint density at radius 3 is 2.55 bits per heavy atom. The Morgan fingerprint density at radius 2 is 1.91 bits per heavy atom. The molecule has 1 aliphatic heterocycles. The number of carbonyl (C=O) groups excluding carboxylic acids is 2. The molecule has 0 aliphatic carbocycles. The topological polar surface area (TPSA) is 67.9 Å². The minimum Gasteiger partial charge on any atom is -0.375 e. The highest BCUT2D eigenvalue weighted by Crippen LogP contribution is 2.20. The van der Waals surface area contributed by atoms with Crippen molar-refractivity contribution in [2.45, 2.75) is 26.1 Å². The number of hydrogen-bond acceptors (Lipinski definition) is 4. The zero-order valence-electron chi connectivity index (χ0n) is 13.2. The van der Waals surface area contributed by atoms with Gasteiger partial charge in [0.05, 0.1) is 23.5 Å². The number of ether oxygens (including phenoxy) is 2. The summed E-state index contributed by atoms with van der Waals surface area (Å²) in [5.74, 6) is -0.387. The lowest BCUT2D eigenvalue weighted by Crippen LogP contribution is -2.48. The SMILES string of the molecule is COCC(=O)Nc1ccccc1C(=O)N1C[C@@H](C)O[C@H](C)C1. The molecule has 2 amide bonds. The van der Waals surface area contributed by atoms with E-state index in [-0.39, 0.29) is 30.6 Å². The predicted molar refractivity (Wildman–Crippen MR) is 82.9 cm³/mol. The number of methoxy groups -OCH3 is 1. The van der Waals surface area contributed by atoms with Gasteiger partial charge in [-0.2, -0.15) is 0 Å². The van der Waals surface area contributed by atoms with Crippen molar-refractivity contribution in [2.24, 2.45) is 0 Å². The zero-order chi connectivity index (χ0) is 16.1. The monoisotopic (exact) mass is 306 g/mol. The second-order valence-electron chi connectivity index (χ2n) is 5.49. The number of para-hydroxylation sites is 1. The molecule has 1 saturated heterocycles. The molecule has 1 aromatic carbocycles. The van der Waals surface area contributed by atoms with E-state index in [1.54, 1.807) is 29.2 Å². The normalized spacial score (nSPS) is 21.5. The number of amides is 2. The number of morpholine rings is 1. The molecule has 0 unspecified atom stereocenters. The van der Waals surface area contributed by atoms with Gasteiger partial charge in [-0.05, 0) is 26.0 Å². The Morgan fingerprint density at radius 1 is 1.27 bits per heavy atom. The number of carbonyl (C=O) groups is 2. The Balaban J connectivity index is 2.17.